The number of aliphatic carboxylic acids is 1. The number of amides is 1. The van der Waals surface area contributed by atoms with E-state index in [0.29, 0.717) is 29.3 Å². The largest absolute Gasteiger partial charge is 0.481 e. The number of rotatable bonds is 8. The maximum atomic E-state index is 13.0. The molecular formula is C25H29Cl2NO4. The van der Waals surface area contributed by atoms with E-state index in [9.17, 15) is 19.8 Å². The van der Waals surface area contributed by atoms with E-state index in [1.807, 2.05) is 42.5 Å². The first-order valence-electron chi connectivity index (χ1n) is 10.8. The van der Waals surface area contributed by atoms with Crippen LogP contribution in [-0.2, 0) is 16.0 Å². The number of hydrogen-bond acceptors (Lipinski definition) is 3. The molecule has 2 aromatic carbocycles. The third kappa shape index (κ3) is 5.83. The first kappa shape index (κ1) is 24.6. The zero-order valence-electron chi connectivity index (χ0n) is 18.2. The van der Waals surface area contributed by atoms with Crippen LogP contribution in [0.4, 0.5) is 0 Å². The van der Waals surface area contributed by atoms with E-state index in [-0.39, 0.29) is 30.2 Å². The summed E-state index contributed by atoms with van der Waals surface area (Å²) in [6.45, 7) is 3.42. The minimum atomic E-state index is -1.05. The Labute approximate surface area is 198 Å². The Morgan fingerprint density at radius 2 is 1.88 bits per heavy atom. The van der Waals surface area contributed by atoms with E-state index in [2.05, 4.69) is 5.32 Å². The third-order valence-corrected chi connectivity index (χ3v) is 7.02. The number of carbonyl (C=O) groups excluding carboxylic acids is 1. The summed E-state index contributed by atoms with van der Waals surface area (Å²) in [5.41, 5.74) is 0.975. The summed E-state index contributed by atoms with van der Waals surface area (Å²) in [7, 11) is 0. The molecule has 5 atom stereocenters. The number of carbonyl (C=O) groups is 2. The van der Waals surface area contributed by atoms with Crippen molar-refractivity contribution in [1.29, 1.82) is 0 Å². The third-order valence-electron chi connectivity index (χ3n) is 6.53. The maximum absolute atomic E-state index is 13.0. The normalized spacial score (nSPS) is 25.1. The zero-order chi connectivity index (χ0) is 23.5. The predicted octanol–water partition coefficient (Wildman–Crippen LogP) is 5.08. The van der Waals surface area contributed by atoms with E-state index in [1.165, 1.54) is 0 Å². The molecule has 0 unspecified atom stereocenters. The average molecular weight is 478 g/mol. The fourth-order valence-electron chi connectivity index (χ4n) is 4.79. The number of carboxylic acids is 1. The highest BCUT2D eigenvalue weighted by atomic mass is 35.5. The Morgan fingerprint density at radius 1 is 1.19 bits per heavy atom. The fourth-order valence-corrected chi connectivity index (χ4v) is 5.12. The second-order valence-electron chi connectivity index (χ2n) is 9.07. The van der Waals surface area contributed by atoms with Crippen molar-refractivity contribution in [1.82, 2.24) is 5.32 Å². The molecule has 0 aromatic heterocycles. The van der Waals surface area contributed by atoms with Crippen LogP contribution in [-0.4, -0.2) is 34.2 Å². The van der Waals surface area contributed by atoms with Gasteiger partial charge in [-0.1, -0.05) is 54.4 Å². The Kier molecular flexibility index (Phi) is 7.86. The van der Waals surface area contributed by atoms with Crippen molar-refractivity contribution >= 4 is 35.1 Å². The van der Waals surface area contributed by atoms with Gasteiger partial charge in [-0.05, 0) is 61.6 Å². The highest BCUT2D eigenvalue weighted by molar-refractivity contribution is 6.30. The quantitative estimate of drug-likeness (QED) is 0.494. The summed E-state index contributed by atoms with van der Waals surface area (Å²) in [5.74, 6) is -1.71. The molecule has 1 fully saturated rings. The van der Waals surface area contributed by atoms with Crippen molar-refractivity contribution in [2.24, 2.45) is 11.3 Å². The Morgan fingerprint density at radius 3 is 2.47 bits per heavy atom. The molecule has 0 bridgehead atoms. The topological polar surface area (TPSA) is 86.6 Å². The van der Waals surface area contributed by atoms with Gasteiger partial charge < -0.3 is 15.5 Å². The summed E-state index contributed by atoms with van der Waals surface area (Å²) in [6.07, 6.45) is 0.802. The van der Waals surface area contributed by atoms with Gasteiger partial charge in [0.15, 0.2) is 0 Å². The van der Waals surface area contributed by atoms with Gasteiger partial charge in [0.25, 0.3) is 0 Å². The van der Waals surface area contributed by atoms with Crippen molar-refractivity contribution in [3.63, 3.8) is 0 Å². The van der Waals surface area contributed by atoms with Crippen molar-refractivity contribution < 1.29 is 19.8 Å². The lowest BCUT2D eigenvalue weighted by molar-refractivity contribution is -0.148. The molecule has 0 aliphatic carbocycles. The summed E-state index contributed by atoms with van der Waals surface area (Å²) in [5, 5.41) is 24.4. The monoisotopic (exact) mass is 477 g/mol. The highest BCUT2D eigenvalue weighted by Crippen LogP contribution is 2.44. The van der Waals surface area contributed by atoms with Crippen LogP contribution in [0.1, 0.15) is 50.2 Å². The van der Waals surface area contributed by atoms with Crippen LogP contribution in [0.25, 0.3) is 0 Å². The minimum Gasteiger partial charge on any atom is -0.481 e. The number of carboxylic acid groups (broad SMARTS) is 1. The number of aliphatic hydroxyl groups is 1. The molecule has 172 valence electrons. The molecule has 0 radical (unpaired) electrons. The number of piperidine rings is 1. The summed E-state index contributed by atoms with van der Waals surface area (Å²) in [6, 6.07) is 14.7. The molecule has 5 nitrogen and oxygen atoms in total. The van der Waals surface area contributed by atoms with Crippen molar-refractivity contribution in [2.45, 2.75) is 57.6 Å². The summed E-state index contributed by atoms with van der Waals surface area (Å²) in [4.78, 5) is 24.5. The molecule has 1 saturated heterocycles. The predicted molar refractivity (Wildman–Crippen MR) is 126 cm³/mol. The van der Waals surface area contributed by atoms with E-state index in [1.54, 1.807) is 19.9 Å². The van der Waals surface area contributed by atoms with Gasteiger partial charge in [-0.25, -0.2) is 0 Å². The van der Waals surface area contributed by atoms with E-state index in [0.717, 1.165) is 11.1 Å². The molecule has 0 saturated carbocycles. The lowest BCUT2D eigenvalue weighted by Gasteiger charge is -2.46. The zero-order valence-corrected chi connectivity index (χ0v) is 19.7. The lowest BCUT2D eigenvalue weighted by Crippen LogP contribution is -2.58. The minimum absolute atomic E-state index is 0.180. The van der Waals surface area contributed by atoms with E-state index < -0.39 is 17.5 Å². The first-order valence-corrected chi connectivity index (χ1v) is 11.6. The van der Waals surface area contributed by atoms with E-state index >= 15 is 0 Å². The molecule has 3 rings (SSSR count). The molecule has 0 spiro atoms. The Balaban J connectivity index is 1.92. The number of aryl methyl sites for hydroxylation is 1. The van der Waals surface area contributed by atoms with E-state index in [4.69, 9.17) is 23.2 Å². The van der Waals surface area contributed by atoms with Crippen LogP contribution in [0.3, 0.4) is 0 Å². The molecule has 7 heteroatoms. The maximum Gasteiger partial charge on any atom is 0.304 e. The van der Waals surface area contributed by atoms with Gasteiger partial charge in [0, 0.05) is 27.9 Å². The van der Waals surface area contributed by atoms with Gasteiger partial charge >= 0.3 is 5.97 Å². The second kappa shape index (κ2) is 10.2. The fraction of sp³-hybridized carbons (Fsp3) is 0.440. The molecule has 3 N–H and O–H groups in total. The average Bonchev–Trinajstić information content (AvgIpc) is 2.71. The molecule has 1 aliphatic rings. The molecule has 2 aromatic rings. The van der Waals surface area contributed by atoms with Crippen LogP contribution in [0.15, 0.2) is 48.5 Å². The smallest absolute Gasteiger partial charge is 0.304 e. The molecule has 1 heterocycles. The number of halogens is 2. The second-order valence-corrected chi connectivity index (χ2v) is 9.94. The Hall–Kier alpha value is -2.08. The molecule has 32 heavy (non-hydrogen) atoms. The van der Waals surface area contributed by atoms with Crippen molar-refractivity contribution in [3.8, 4) is 0 Å². The first-order chi connectivity index (χ1) is 15.1. The number of benzene rings is 2. The number of aliphatic hydroxyl groups excluding tert-OH is 1. The van der Waals surface area contributed by atoms with Gasteiger partial charge in [0.2, 0.25) is 5.91 Å². The lowest BCUT2D eigenvalue weighted by atomic mass is 9.66. The van der Waals surface area contributed by atoms with Gasteiger partial charge in [0.05, 0.1) is 17.9 Å². The highest BCUT2D eigenvalue weighted by Gasteiger charge is 2.48. The summed E-state index contributed by atoms with van der Waals surface area (Å²) < 4.78 is 0. The van der Waals surface area contributed by atoms with Crippen molar-refractivity contribution in [2.75, 3.05) is 0 Å². The van der Waals surface area contributed by atoms with Gasteiger partial charge in [0.1, 0.15) is 0 Å². The Bertz CT molecular complexity index is 963. The number of hydrogen-bond donors (Lipinski definition) is 3. The van der Waals surface area contributed by atoms with Crippen LogP contribution >= 0.6 is 23.2 Å². The number of nitrogens with one attached hydrogen (secondary N) is 1. The van der Waals surface area contributed by atoms with Crippen LogP contribution < -0.4 is 5.32 Å². The molecule has 1 amide bonds. The SMILES string of the molecule is C[C@@H](O)[C@@H](CCc1ccc(Cl)cc1)[C@H]1NC(=O)[C@](C)(CC(=O)O)C[C@@H]1c1cccc(Cl)c1. The molecule has 1 aliphatic heterocycles. The summed E-state index contributed by atoms with van der Waals surface area (Å²) >= 11 is 12.2. The van der Waals surface area contributed by atoms with Gasteiger partial charge in [-0.2, -0.15) is 0 Å². The van der Waals surface area contributed by atoms with Gasteiger partial charge in [-0.3, -0.25) is 9.59 Å². The van der Waals surface area contributed by atoms with Crippen LogP contribution in [0.2, 0.25) is 10.0 Å². The molecular weight excluding hydrogens is 449 g/mol. The van der Waals surface area contributed by atoms with Crippen LogP contribution in [0, 0.1) is 11.3 Å². The van der Waals surface area contributed by atoms with Gasteiger partial charge in [-0.15, -0.1) is 0 Å². The van der Waals surface area contributed by atoms with Crippen LogP contribution in [0.5, 0.6) is 0 Å². The van der Waals surface area contributed by atoms with Crippen molar-refractivity contribution in [3.05, 3.63) is 69.7 Å². The standard InChI is InChI=1S/C25H29Cl2NO4/c1-15(29)20(11-8-16-6-9-18(26)10-7-16)23-21(17-4-3-5-19(27)12-17)13-25(2,14-22(30)31)24(32)28-23/h3-7,9-10,12,15,20-21,23,29H,8,11,13-14H2,1-2H3,(H,28,32)(H,30,31)/t15-,20-,21-,23-,25+/m1/s1.